The summed E-state index contributed by atoms with van der Waals surface area (Å²) in [6.07, 6.45) is -3.84. The van der Waals surface area contributed by atoms with Gasteiger partial charge in [0.25, 0.3) is 0 Å². The lowest BCUT2D eigenvalue weighted by Crippen LogP contribution is -2.42. The molecule has 0 aromatic heterocycles. The zero-order valence-electron chi connectivity index (χ0n) is 11.8. The van der Waals surface area contributed by atoms with Crippen LogP contribution in [0.3, 0.4) is 0 Å². The fourth-order valence-electron chi connectivity index (χ4n) is 1.32. The van der Waals surface area contributed by atoms with E-state index in [4.69, 9.17) is 4.74 Å². The van der Waals surface area contributed by atoms with E-state index in [0.717, 1.165) is 5.57 Å². The van der Waals surface area contributed by atoms with Crippen molar-refractivity contribution in [2.75, 3.05) is 18.5 Å². The van der Waals surface area contributed by atoms with Gasteiger partial charge in [0.1, 0.15) is 12.4 Å². The summed E-state index contributed by atoms with van der Waals surface area (Å²) in [6, 6.07) is 5.16. The zero-order chi connectivity index (χ0) is 16.8. The molecule has 4 nitrogen and oxygen atoms in total. The quantitative estimate of drug-likeness (QED) is 0.595. The second kappa shape index (κ2) is 7.67. The molecule has 0 aliphatic rings. The van der Waals surface area contributed by atoms with Gasteiger partial charge in [0.05, 0.1) is 6.54 Å². The number of halogens is 4. The average molecular weight is 320 g/mol. The molecule has 1 aromatic carbocycles. The lowest BCUT2D eigenvalue weighted by atomic mass is 10.3. The monoisotopic (exact) mass is 320 g/mol. The molecule has 22 heavy (non-hydrogen) atoms. The van der Waals surface area contributed by atoms with Crippen LogP contribution in [0.15, 0.2) is 36.4 Å². The Hall–Kier alpha value is -2.25. The van der Waals surface area contributed by atoms with Gasteiger partial charge >= 0.3 is 18.4 Å². The van der Waals surface area contributed by atoms with Crippen molar-refractivity contribution in [1.82, 2.24) is 5.32 Å². The minimum absolute atomic E-state index is 0.275. The number of hydrogen-bond acceptors (Lipinski definition) is 2. The van der Waals surface area contributed by atoms with Crippen molar-refractivity contribution in [1.29, 1.82) is 0 Å². The fourth-order valence-corrected chi connectivity index (χ4v) is 1.32. The highest BCUT2D eigenvalue weighted by Crippen LogP contribution is 2.21. The predicted octanol–water partition coefficient (Wildman–Crippen LogP) is 3.66. The van der Waals surface area contributed by atoms with E-state index in [2.05, 4.69) is 11.9 Å². The summed E-state index contributed by atoms with van der Waals surface area (Å²) in [5.74, 6) is -3.83. The van der Waals surface area contributed by atoms with Gasteiger partial charge in [-0.3, -0.25) is 0 Å². The number of alkyl halides is 4. The van der Waals surface area contributed by atoms with Crippen molar-refractivity contribution in [3.8, 4) is 5.75 Å². The SMILES string of the molecule is C=C(C)COc1cccc(NC(=O)NCC(F)(F)C(F)F)c1. The van der Waals surface area contributed by atoms with Crippen LogP contribution in [0.1, 0.15) is 6.92 Å². The molecular formula is C14H16F4N2O2. The Morgan fingerprint density at radius 3 is 2.68 bits per heavy atom. The molecule has 0 aliphatic heterocycles. The van der Waals surface area contributed by atoms with Crippen LogP contribution in [0, 0.1) is 0 Å². The number of rotatable bonds is 7. The summed E-state index contributed by atoms with van der Waals surface area (Å²) in [6.45, 7) is 4.27. The van der Waals surface area contributed by atoms with Gasteiger partial charge in [0.2, 0.25) is 0 Å². The molecule has 0 fully saturated rings. The molecule has 0 bridgehead atoms. The summed E-state index contributed by atoms with van der Waals surface area (Å²) < 4.78 is 54.6. The van der Waals surface area contributed by atoms with Crippen LogP contribution in [-0.4, -0.2) is 31.5 Å². The van der Waals surface area contributed by atoms with Crippen molar-refractivity contribution in [3.05, 3.63) is 36.4 Å². The van der Waals surface area contributed by atoms with E-state index in [-0.39, 0.29) is 12.3 Å². The van der Waals surface area contributed by atoms with E-state index in [1.165, 1.54) is 12.1 Å². The highest BCUT2D eigenvalue weighted by atomic mass is 19.3. The summed E-state index contributed by atoms with van der Waals surface area (Å²) in [4.78, 5) is 11.4. The maximum atomic E-state index is 12.7. The third-order valence-corrected chi connectivity index (χ3v) is 2.38. The largest absolute Gasteiger partial charge is 0.489 e. The number of amides is 2. The third-order valence-electron chi connectivity index (χ3n) is 2.38. The van der Waals surface area contributed by atoms with E-state index >= 15 is 0 Å². The van der Waals surface area contributed by atoms with Crippen LogP contribution < -0.4 is 15.4 Å². The van der Waals surface area contributed by atoms with Gasteiger partial charge in [-0.25, -0.2) is 13.6 Å². The van der Waals surface area contributed by atoms with E-state index in [1.54, 1.807) is 24.4 Å². The molecule has 1 rings (SSSR count). The lowest BCUT2D eigenvalue weighted by molar-refractivity contribution is -0.123. The molecule has 0 atom stereocenters. The Balaban J connectivity index is 2.54. The van der Waals surface area contributed by atoms with Crippen LogP contribution in [0.2, 0.25) is 0 Å². The smallest absolute Gasteiger partial charge is 0.324 e. The van der Waals surface area contributed by atoms with Crippen molar-refractivity contribution in [2.45, 2.75) is 19.3 Å². The Labute approximate surface area is 125 Å². The van der Waals surface area contributed by atoms with Gasteiger partial charge in [-0.2, -0.15) is 8.78 Å². The van der Waals surface area contributed by atoms with E-state index in [1.807, 2.05) is 0 Å². The Bertz CT molecular complexity index is 535. The first-order valence-electron chi connectivity index (χ1n) is 6.29. The van der Waals surface area contributed by atoms with E-state index in [9.17, 15) is 22.4 Å². The summed E-state index contributed by atoms with van der Waals surface area (Å²) in [5, 5.41) is 3.94. The maximum absolute atomic E-state index is 12.7. The summed E-state index contributed by atoms with van der Waals surface area (Å²) in [5.41, 5.74) is 1.07. The average Bonchev–Trinajstić information content (AvgIpc) is 2.43. The Morgan fingerprint density at radius 2 is 2.09 bits per heavy atom. The standard InChI is InChI=1S/C14H16F4N2O2/c1-9(2)7-22-11-5-3-4-10(6-11)20-13(21)19-8-14(17,18)12(15)16/h3-6,12H,1,7-8H2,2H3,(H2,19,20,21). The molecule has 1 aromatic rings. The number of carbonyl (C=O) groups is 1. The molecule has 122 valence electrons. The molecule has 0 spiro atoms. The van der Waals surface area contributed by atoms with Crippen molar-refractivity contribution in [2.24, 2.45) is 0 Å². The van der Waals surface area contributed by atoms with Crippen LogP contribution in [-0.2, 0) is 0 Å². The van der Waals surface area contributed by atoms with E-state index < -0.39 is 24.9 Å². The summed E-state index contributed by atoms with van der Waals surface area (Å²) in [7, 11) is 0. The van der Waals surface area contributed by atoms with Crippen molar-refractivity contribution in [3.63, 3.8) is 0 Å². The van der Waals surface area contributed by atoms with Gasteiger partial charge in [-0.1, -0.05) is 12.6 Å². The number of anilines is 1. The molecule has 0 radical (unpaired) electrons. The Morgan fingerprint density at radius 1 is 1.41 bits per heavy atom. The molecule has 2 N–H and O–H groups in total. The fraction of sp³-hybridized carbons (Fsp3) is 0.357. The second-order valence-electron chi connectivity index (χ2n) is 4.64. The molecule has 0 saturated carbocycles. The van der Waals surface area contributed by atoms with Gasteiger partial charge < -0.3 is 15.4 Å². The minimum Gasteiger partial charge on any atom is -0.489 e. The lowest BCUT2D eigenvalue weighted by Gasteiger charge is -2.16. The highest BCUT2D eigenvalue weighted by molar-refractivity contribution is 5.89. The van der Waals surface area contributed by atoms with Crippen molar-refractivity contribution >= 4 is 11.7 Å². The second-order valence-corrected chi connectivity index (χ2v) is 4.64. The van der Waals surface area contributed by atoms with E-state index in [0.29, 0.717) is 5.75 Å². The molecule has 0 heterocycles. The number of nitrogens with one attached hydrogen (secondary N) is 2. The number of carbonyl (C=O) groups excluding carboxylic acids is 1. The van der Waals surface area contributed by atoms with Crippen LogP contribution >= 0.6 is 0 Å². The molecular weight excluding hydrogens is 304 g/mol. The van der Waals surface area contributed by atoms with Gasteiger partial charge in [0.15, 0.2) is 0 Å². The molecule has 0 aliphatic carbocycles. The molecule has 0 unspecified atom stereocenters. The number of hydrogen-bond donors (Lipinski definition) is 2. The van der Waals surface area contributed by atoms with Crippen LogP contribution in [0.5, 0.6) is 5.75 Å². The van der Waals surface area contributed by atoms with Gasteiger partial charge in [0, 0.05) is 11.8 Å². The zero-order valence-corrected chi connectivity index (χ0v) is 11.8. The number of ether oxygens (including phenoxy) is 1. The Kier molecular flexibility index (Phi) is 6.21. The van der Waals surface area contributed by atoms with Crippen LogP contribution in [0.4, 0.5) is 28.0 Å². The topological polar surface area (TPSA) is 50.4 Å². The van der Waals surface area contributed by atoms with Crippen LogP contribution in [0.25, 0.3) is 0 Å². The predicted molar refractivity (Wildman–Crippen MR) is 74.7 cm³/mol. The van der Waals surface area contributed by atoms with Crippen molar-refractivity contribution < 1.29 is 27.1 Å². The highest BCUT2D eigenvalue weighted by Gasteiger charge is 2.40. The molecule has 8 heteroatoms. The maximum Gasteiger partial charge on any atom is 0.324 e. The number of urea groups is 1. The first-order valence-corrected chi connectivity index (χ1v) is 6.29. The van der Waals surface area contributed by atoms with Gasteiger partial charge in [-0.05, 0) is 24.6 Å². The third kappa shape index (κ3) is 6.02. The first kappa shape index (κ1) is 17.8. The minimum atomic E-state index is -4.27. The van der Waals surface area contributed by atoms with Gasteiger partial charge in [-0.15, -0.1) is 0 Å². The molecule has 0 saturated heterocycles. The number of benzene rings is 1. The first-order chi connectivity index (χ1) is 10.2. The summed E-state index contributed by atoms with van der Waals surface area (Å²) >= 11 is 0. The molecule has 2 amide bonds. The normalized spacial score (nSPS) is 11.2.